The maximum Gasteiger partial charge on any atom is 0.471 e. The van der Waals surface area contributed by atoms with Gasteiger partial charge in [0.05, 0.1) is 4.90 Å². The summed E-state index contributed by atoms with van der Waals surface area (Å²) in [6.45, 7) is 3.42. The molecule has 0 atom stereocenters. The maximum atomic E-state index is 12.2. The van der Waals surface area contributed by atoms with Gasteiger partial charge in [-0.2, -0.15) is 13.2 Å². The number of nitrogens with one attached hydrogen (secondary N) is 3. The number of halogens is 3. The fourth-order valence-corrected chi connectivity index (χ4v) is 2.71. The topological polar surface area (TPSA) is 113 Å². The SMILES string of the molecule is Cc1cc(C)nc(NNS(=O)(=O)c2ccc(NC(=O)C(F)(F)F)cc2)n1. The Labute approximate surface area is 146 Å². The predicted octanol–water partition coefficient (Wildman–Crippen LogP) is 1.90. The van der Waals surface area contributed by atoms with Crippen LogP contribution in [0.15, 0.2) is 35.2 Å². The van der Waals surface area contributed by atoms with E-state index in [1.54, 1.807) is 25.2 Å². The van der Waals surface area contributed by atoms with Crippen LogP contribution >= 0.6 is 0 Å². The molecular weight excluding hydrogens is 375 g/mol. The zero-order chi connectivity index (χ0) is 19.5. The van der Waals surface area contributed by atoms with Crippen molar-refractivity contribution in [2.45, 2.75) is 24.9 Å². The number of aryl methyl sites for hydroxylation is 2. The van der Waals surface area contributed by atoms with Crippen molar-refractivity contribution in [2.24, 2.45) is 0 Å². The van der Waals surface area contributed by atoms with Crippen LogP contribution in [0.1, 0.15) is 11.4 Å². The molecule has 1 aromatic carbocycles. The highest BCUT2D eigenvalue weighted by Crippen LogP contribution is 2.19. The van der Waals surface area contributed by atoms with Gasteiger partial charge in [-0.15, -0.1) is 4.83 Å². The van der Waals surface area contributed by atoms with E-state index in [4.69, 9.17) is 0 Å². The Hall–Kier alpha value is -2.73. The largest absolute Gasteiger partial charge is 0.471 e. The minimum absolute atomic E-state index is 0.0418. The minimum atomic E-state index is -5.04. The van der Waals surface area contributed by atoms with E-state index in [1.165, 1.54) is 0 Å². The molecule has 1 heterocycles. The maximum absolute atomic E-state index is 12.2. The van der Waals surface area contributed by atoms with E-state index in [0.29, 0.717) is 11.4 Å². The zero-order valence-electron chi connectivity index (χ0n) is 13.5. The summed E-state index contributed by atoms with van der Waals surface area (Å²) in [7, 11) is -4.03. The first kappa shape index (κ1) is 19.6. The number of nitrogens with zero attached hydrogens (tertiary/aromatic N) is 2. The lowest BCUT2D eigenvalue weighted by Crippen LogP contribution is -2.31. The predicted molar refractivity (Wildman–Crippen MR) is 86.6 cm³/mol. The van der Waals surface area contributed by atoms with Crippen molar-refractivity contribution in [3.05, 3.63) is 41.7 Å². The molecule has 26 heavy (non-hydrogen) atoms. The quantitative estimate of drug-likeness (QED) is 0.673. The zero-order valence-corrected chi connectivity index (χ0v) is 14.4. The third kappa shape index (κ3) is 5.13. The molecule has 0 aliphatic heterocycles. The molecule has 12 heteroatoms. The Morgan fingerprint density at radius 2 is 1.58 bits per heavy atom. The van der Waals surface area contributed by atoms with E-state index in [2.05, 4.69) is 20.2 Å². The second-order valence-corrected chi connectivity index (χ2v) is 6.86. The van der Waals surface area contributed by atoms with Gasteiger partial charge in [0.1, 0.15) is 0 Å². The summed E-state index contributed by atoms with van der Waals surface area (Å²) < 4.78 is 60.9. The first-order chi connectivity index (χ1) is 12.0. The first-order valence-electron chi connectivity index (χ1n) is 7.06. The van der Waals surface area contributed by atoms with Crippen LogP contribution in [0.5, 0.6) is 0 Å². The monoisotopic (exact) mass is 389 g/mol. The van der Waals surface area contributed by atoms with Crippen molar-refractivity contribution in [2.75, 3.05) is 10.7 Å². The molecule has 1 amide bonds. The number of hydrazine groups is 1. The fourth-order valence-electron chi connectivity index (χ4n) is 1.87. The second-order valence-electron chi connectivity index (χ2n) is 5.18. The van der Waals surface area contributed by atoms with Gasteiger partial charge in [-0.05, 0) is 44.2 Å². The van der Waals surface area contributed by atoms with Gasteiger partial charge >= 0.3 is 12.1 Å². The van der Waals surface area contributed by atoms with Crippen LogP contribution in [0, 0.1) is 13.8 Å². The smallest absolute Gasteiger partial charge is 0.318 e. The third-order valence-corrected chi connectivity index (χ3v) is 4.22. The number of aromatic nitrogens is 2. The molecule has 0 spiro atoms. The van der Waals surface area contributed by atoms with Crippen LogP contribution in [-0.4, -0.2) is 30.5 Å². The van der Waals surface area contributed by atoms with Crippen molar-refractivity contribution in [3.8, 4) is 0 Å². The standard InChI is InChI=1S/C14H14F3N5O3S/c1-8-7-9(2)19-13(18-8)21-22-26(24,25)11-5-3-10(4-6-11)20-12(23)14(15,16)17/h3-7,22H,1-2H3,(H,20,23)(H,18,19,21). The number of alkyl halides is 3. The van der Waals surface area contributed by atoms with E-state index in [-0.39, 0.29) is 16.5 Å². The van der Waals surface area contributed by atoms with E-state index < -0.39 is 22.1 Å². The molecule has 0 unspecified atom stereocenters. The average molecular weight is 389 g/mol. The molecule has 0 saturated heterocycles. The van der Waals surface area contributed by atoms with Crippen LogP contribution < -0.4 is 15.6 Å². The lowest BCUT2D eigenvalue weighted by atomic mass is 10.3. The summed E-state index contributed by atoms with van der Waals surface area (Å²) in [5.41, 5.74) is 3.41. The summed E-state index contributed by atoms with van der Waals surface area (Å²) in [5, 5.41) is 1.62. The van der Waals surface area contributed by atoms with E-state index in [9.17, 15) is 26.4 Å². The summed E-state index contributed by atoms with van der Waals surface area (Å²) in [4.78, 5) is 20.7. The summed E-state index contributed by atoms with van der Waals surface area (Å²) in [6, 6.07) is 5.85. The Kier molecular flexibility index (Phi) is 5.47. The summed E-state index contributed by atoms with van der Waals surface area (Å²) in [6.07, 6.45) is -5.04. The molecule has 0 aliphatic rings. The van der Waals surface area contributed by atoms with Crippen molar-refractivity contribution in [1.82, 2.24) is 14.8 Å². The fraction of sp³-hybridized carbons (Fsp3) is 0.214. The molecule has 0 fully saturated rings. The Morgan fingerprint density at radius 3 is 2.08 bits per heavy atom. The molecule has 2 rings (SSSR count). The van der Waals surface area contributed by atoms with Gasteiger partial charge in [0, 0.05) is 17.1 Å². The van der Waals surface area contributed by atoms with Crippen LogP contribution in [-0.2, 0) is 14.8 Å². The first-order valence-corrected chi connectivity index (χ1v) is 8.54. The number of amides is 1. The van der Waals surface area contributed by atoms with Crippen molar-refractivity contribution < 1.29 is 26.4 Å². The molecule has 0 aliphatic carbocycles. The van der Waals surface area contributed by atoms with Gasteiger partial charge in [0.2, 0.25) is 5.95 Å². The van der Waals surface area contributed by atoms with Crippen molar-refractivity contribution >= 4 is 27.6 Å². The van der Waals surface area contributed by atoms with Crippen molar-refractivity contribution in [1.29, 1.82) is 0 Å². The Morgan fingerprint density at radius 1 is 1.04 bits per heavy atom. The van der Waals surface area contributed by atoms with E-state index in [1.807, 2.05) is 0 Å². The molecule has 1 aromatic heterocycles. The van der Waals surface area contributed by atoms with Crippen molar-refractivity contribution in [3.63, 3.8) is 0 Å². The van der Waals surface area contributed by atoms with Gasteiger partial charge in [-0.1, -0.05) is 0 Å². The summed E-state index contributed by atoms with van der Waals surface area (Å²) in [5.74, 6) is -2.11. The number of sulfonamides is 1. The Bertz CT molecular complexity index is 894. The normalized spacial score (nSPS) is 11.9. The van der Waals surface area contributed by atoms with Crippen LogP contribution in [0.2, 0.25) is 0 Å². The number of carbonyl (C=O) groups excluding carboxylic acids is 1. The summed E-state index contributed by atoms with van der Waals surface area (Å²) >= 11 is 0. The molecule has 2 aromatic rings. The lowest BCUT2D eigenvalue weighted by molar-refractivity contribution is -0.167. The highest BCUT2D eigenvalue weighted by molar-refractivity contribution is 7.89. The minimum Gasteiger partial charge on any atom is -0.318 e. The van der Waals surface area contributed by atoms with Gasteiger partial charge in [-0.3, -0.25) is 10.2 Å². The van der Waals surface area contributed by atoms with Crippen LogP contribution in [0.3, 0.4) is 0 Å². The molecule has 0 bridgehead atoms. The van der Waals surface area contributed by atoms with E-state index >= 15 is 0 Å². The molecule has 3 N–H and O–H groups in total. The highest BCUT2D eigenvalue weighted by Gasteiger charge is 2.38. The molecule has 140 valence electrons. The van der Waals surface area contributed by atoms with Gasteiger partial charge in [0.25, 0.3) is 10.0 Å². The van der Waals surface area contributed by atoms with Gasteiger partial charge in [-0.25, -0.2) is 18.4 Å². The van der Waals surface area contributed by atoms with Gasteiger partial charge < -0.3 is 5.32 Å². The lowest BCUT2D eigenvalue weighted by Gasteiger charge is -2.11. The average Bonchev–Trinajstić information content (AvgIpc) is 2.52. The van der Waals surface area contributed by atoms with Gasteiger partial charge in [0.15, 0.2) is 0 Å². The molecule has 0 saturated carbocycles. The Balaban J connectivity index is 2.08. The van der Waals surface area contributed by atoms with Crippen LogP contribution in [0.25, 0.3) is 0 Å². The molecular formula is C14H14F3N5O3S. The number of anilines is 2. The second kappa shape index (κ2) is 7.25. The van der Waals surface area contributed by atoms with Crippen LogP contribution in [0.4, 0.5) is 24.8 Å². The molecule has 0 radical (unpaired) electrons. The van der Waals surface area contributed by atoms with E-state index in [0.717, 1.165) is 24.3 Å². The number of benzene rings is 1. The third-order valence-electron chi connectivity index (χ3n) is 2.96. The number of hydrogen-bond acceptors (Lipinski definition) is 6. The number of rotatable bonds is 5. The number of hydrogen-bond donors (Lipinski definition) is 3. The number of carbonyl (C=O) groups is 1. The highest BCUT2D eigenvalue weighted by atomic mass is 32.2. The molecule has 8 nitrogen and oxygen atoms in total.